The normalized spacial score (nSPS) is 12.8. The lowest BCUT2D eigenvalue weighted by Crippen LogP contribution is -2.17. The van der Waals surface area contributed by atoms with Crippen LogP contribution >= 0.6 is 0 Å². The van der Waals surface area contributed by atoms with Gasteiger partial charge >= 0.3 is 0 Å². The largest absolute Gasteiger partial charge is 0.360 e. The second kappa shape index (κ2) is 6.53. The summed E-state index contributed by atoms with van der Waals surface area (Å²) in [6, 6.07) is 11.0. The van der Waals surface area contributed by atoms with Crippen molar-refractivity contribution in [1.82, 2.24) is 10.5 Å². The van der Waals surface area contributed by atoms with Gasteiger partial charge in [0.15, 0.2) is 0 Å². The van der Waals surface area contributed by atoms with Gasteiger partial charge in [0.1, 0.15) is 5.76 Å². The molecule has 0 radical (unpaired) electrons. The average molecular weight is 258 g/mol. The van der Waals surface area contributed by atoms with Gasteiger partial charge in [-0.15, -0.1) is 0 Å². The summed E-state index contributed by atoms with van der Waals surface area (Å²) in [6.45, 7) is 7.35. The van der Waals surface area contributed by atoms with Crippen LogP contribution in [0.15, 0.2) is 41.1 Å². The fourth-order valence-electron chi connectivity index (χ4n) is 2.12. The van der Waals surface area contributed by atoms with E-state index in [1.54, 1.807) is 6.20 Å². The molecule has 2 rings (SSSR count). The van der Waals surface area contributed by atoms with Crippen molar-refractivity contribution in [1.29, 1.82) is 0 Å². The third kappa shape index (κ3) is 4.21. The summed E-state index contributed by atoms with van der Waals surface area (Å²) in [4.78, 5) is 0. The predicted octanol–water partition coefficient (Wildman–Crippen LogP) is 3.72. The molecule has 0 aliphatic carbocycles. The van der Waals surface area contributed by atoms with E-state index in [0.29, 0.717) is 18.5 Å². The number of hydrogen-bond donors (Lipinski definition) is 1. The van der Waals surface area contributed by atoms with Gasteiger partial charge < -0.3 is 9.84 Å². The second-order valence-corrected chi connectivity index (χ2v) is 5.42. The van der Waals surface area contributed by atoms with Gasteiger partial charge in [0.25, 0.3) is 0 Å². The van der Waals surface area contributed by atoms with Crippen LogP contribution in [0.2, 0.25) is 0 Å². The van der Waals surface area contributed by atoms with E-state index in [1.165, 1.54) is 11.1 Å². The maximum absolute atomic E-state index is 5.07. The van der Waals surface area contributed by atoms with Crippen LogP contribution in [0.3, 0.4) is 0 Å². The van der Waals surface area contributed by atoms with Crippen molar-refractivity contribution in [2.45, 2.75) is 39.8 Å². The Hall–Kier alpha value is -1.61. The summed E-state index contributed by atoms with van der Waals surface area (Å²) in [5.41, 5.74) is 2.70. The minimum Gasteiger partial charge on any atom is -0.360 e. The summed E-state index contributed by atoms with van der Waals surface area (Å²) < 4.78 is 5.07. The first kappa shape index (κ1) is 13.8. The molecule has 1 N–H and O–H groups in total. The van der Waals surface area contributed by atoms with Crippen LogP contribution in [0.4, 0.5) is 0 Å². The molecular formula is C16H22N2O. The highest BCUT2D eigenvalue weighted by Crippen LogP contribution is 2.16. The fourth-order valence-corrected chi connectivity index (χ4v) is 2.12. The lowest BCUT2D eigenvalue weighted by molar-refractivity contribution is 0.366. The number of nitrogens with one attached hydrogen (secondary N) is 1. The Morgan fingerprint density at radius 2 is 1.84 bits per heavy atom. The van der Waals surface area contributed by atoms with Crippen LogP contribution in [0.1, 0.15) is 43.7 Å². The van der Waals surface area contributed by atoms with Crippen LogP contribution in [0.25, 0.3) is 0 Å². The minimum atomic E-state index is 0.304. The highest BCUT2D eigenvalue weighted by molar-refractivity contribution is 5.25. The molecule has 3 nitrogen and oxygen atoms in total. The van der Waals surface area contributed by atoms with Crippen molar-refractivity contribution in [2.75, 3.05) is 0 Å². The van der Waals surface area contributed by atoms with Gasteiger partial charge in [0.05, 0.1) is 12.7 Å². The molecule has 0 aliphatic heterocycles. The highest BCUT2D eigenvalue weighted by Gasteiger charge is 2.06. The third-order valence-electron chi connectivity index (χ3n) is 3.20. The van der Waals surface area contributed by atoms with E-state index in [2.05, 4.69) is 55.5 Å². The Balaban J connectivity index is 1.90. The molecule has 0 amide bonds. The summed E-state index contributed by atoms with van der Waals surface area (Å²) >= 11 is 0. The summed E-state index contributed by atoms with van der Waals surface area (Å²) in [6.07, 6.45) is 2.81. The van der Waals surface area contributed by atoms with Crippen LogP contribution in [0, 0.1) is 5.92 Å². The van der Waals surface area contributed by atoms with Gasteiger partial charge in [-0.3, -0.25) is 0 Å². The van der Waals surface area contributed by atoms with Gasteiger partial charge in [-0.25, -0.2) is 0 Å². The minimum absolute atomic E-state index is 0.304. The molecule has 2 aromatic rings. The summed E-state index contributed by atoms with van der Waals surface area (Å²) in [5, 5.41) is 7.12. The van der Waals surface area contributed by atoms with Crippen LogP contribution in [-0.4, -0.2) is 5.16 Å². The Labute approximate surface area is 115 Å². The first-order chi connectivity index (χ1) is 9.15. The summed E-state index contributed by atoms with van der Waals surface area (Å²) in [5.74, 6) is 1.57. The molecule has 0 fully saturated rings. The van der Waals surface area contributed by atoms with Crippen LogP contribution in [-0.2, 0) is 13.0 Å². The first-order valence-electron chi connectivity index (χ1n) is 6.87. The standard InChI is InChI=1S/C16H22N2O/c1-12(2)10-14-4-6-15(7-5-14)13(3)17-11-16-8-9-18-19-16/h4-9,12-13,17H,10-11H2,1-3H3. The molecule has 1 atom stereocenters. The zero-order valence-electron chi connectivity index (χ0n) is 11.9. The van der Waals surface area contributed by atoms with Crippen LogP contribution in [0.5, 0.6) is 0 Å². The van der Waals surface area contributed by atoms with E-state index in [1.807, 2.05) is 6.07 Å². The van der Waals surface area contributed by atoms with Crippen molar-refractivity contribution in [2.24, 2.45) is 5.92 Å². The number of nitrogens with zero attached hydrogens (tertiary/aromatic N) is 1. The molecule has 1 unspecified atom stereocenters. The smallest absolute Gasteiger partial charge is 0.150 e. The Kier molecular flexibility index (Phi) is 4.74. The van der Waals surface area contributed by atoms with Crippen molar-refractivity contribution >= 4 is 0 Å². The van der Waals surface area contributed by atoms with Gasteiger partial charge in [-0.05, 0) is 30.4 Å². The van der Waals surface area contributed by atoms with Gasteiger partial charge in [-0.1, -0.05) is 43.3 Å². The van der Waals surface area contributed by atoms with Crippen molar-refractivity contribution < 1.29 is 4.52 Å². The zero-order chi connectivity index (χ0) is 13.7. The number of aromatic nitrogens is 1. The Bertz CT molecular complexity index is 474. The fraction of sp³-hybridized carbons (Fsp3) is 0.438. The lowest BCUT2D eigenvalue weighted by Gasteiger charge is -2.14. The molecule has 102 valence electrons. The van der Waals surface area contributed by atoms with Crippen molar-refractivity contribution in [3.63, 3.8) is 0 Å². The van der Waals surface area contributed by atoms with Crippen molar-refractivity contribution in [3.8, 4) is 0 Å². The maximum atomic E-state index is 5.07. The van der Waals surface area contributed by atoms with Crippen molar-refractivity contribution in [3.05, 3.63) is 53.4 Å². The Morgan fingerprint density at radius 3 is 2.42 bits per heavy atom. The molecule has 0 spiro atoms. The molecule has 1 aromatic heterocycles. The molecule has 1 heterocycles. The van der Waals surface area contributed by atoms with Gasteiger partial charge in [0.2, 0.25) is 0 Å². The van der Waals surface area contributed by atoms with E-state index < -0.39 is 0 Å². The van der Waals surface area contributed by atoms with E-state index >= 15 is 0 Å². The average Bonchev–Trinajstić information content (AvgIpc) is 2.89. The monoisotopic (exact) mass is 258 g/mol. The van der Waals surface area contributed by atoms with E-state index in [0.717, 1.165) is 12.2 Å². The maximum Gasteiger partial charge on any atom is 0.150 e. The first-order valence-corrected chi connectivity index (χ1v) is 6.87. The molecule has 3 heteroatoms. The van der Waals surface area contributed by atoms with E-state index in [-0.39, 0.29) is 0 Å². The molecule has 0 saturated carbocycles. The molecule has 19 heavy (non-hydrogen) atoms. The summed E-state index contributed by atoms with van der Waals surface area (Å²) in [7, 11) is 0. The second-order valence-electron chi connectivity index (χ2n) is 5.42. The highest BCUT2D eigenvalue weighted by atomic mass is 16.5. The van der Waals surface area contributed by atoms with E-state index in [9.17, 15) is 0 Å². The number of rotatable bonds is 6. The Morgan fingerprint density at radius 1 is 1.11 bits per heavy atom. The number of benzene rings is 1. The number of hydrogen-bond acceptors (Lipinski definition) is 3. The van der Waals surface area contributed by atoms with E-state index in [4.69, 9.17) is 4.52 Å². The predicted molar refractivity (Wildman–Crippen MR) is 76.7 cm³/mol. The zero-order valence-corrected chi connectivity index (χ0v) is 11.9. The quantitative estimate of drug-likeness (QED) is 0.858. The molecule has 1 aromatic carbocycles. The lowest BCUT2D eigenvalue weighted by atomic mass is 10.00. The third-order valence-corrected chi connectivity index (χ3v) is 3.20. The molecule has 0 saturated heterocycles. The van der Waals surface area contributed by atoms with Crippen LogP contribution < -0.4 is 5.32 Å². The molecule has 0 bridgehead atoms. The molecular weight excluding hydrogens is 236 g/mol. The SMILES string of the molecule is CC(C)Cc1ccc(C(C)NCc2ccno2)cc1. The topological polar surface area (TPSA) is 38.1 Å². The van der Waals surface area contributed by atoms with Gasteiger partial charge in [-0.2, -0.15) is 0 Å². The van der Waals surface area contributed by atoms with Gasteiger partial charge in [0, 0.05) is 12.1 Å². The molecule has 0 aliphatic rings.